The Morgan fingerprint density at radius 2 is 0.976 bits per heavy atom. The molecule has 5 aromatic carbocycles. The van der Waals surface area contributed by atoms with Crippen LogP contribution in [0.1, 0.15) is 215 Å². The molecule has 0 amide bonds. The molecule has 0 saturated carbocycles. The molecule has 5 aromatic rings. The number of hydrogen-bond acceptors (Lipinski definition) is 14. The minimum atomic E-state index is -3.18. The molecule has 0 N–H and O–H groups in total. The topological polar surface area (TPSA) is 137 Å². The summed E-state index contributed by atoms with van der Waals surface area (Å²) in [6.45, 7) is 79.2. The van der Waals surface area contributed by atoms with Gasteiger partial charge in [0.1, 0.15) is 24.1 Å². The summed E-state index contributed by atoms with van der Waals surface area (Å²) in [4.78, 5) is 14.8. The van der Waals surface area contributed by atoms with Crippen molar-refractivity contribution in [2.24, 2.45) is 11.8 Å². The number of allylic oxidation sites excluding steroid dienone is 2. The van der Waals surface area contributed by atoms with E-state index in [4.69, 9.17) is 66.3 Å². The third kappa shape index (κ3) is 24.1. The number of ketones is 1. The van der Waals surface area contributed by atoms with Gasteiger partial charge < -0.3 is 59.7 Å². The van der Waals surface area contributed by atoms with Crippen LogP contribution in [0.15, 0.2) is 195 Å². The smallest absolute Gasteiger partial charge is 0.261 e. The van der Waals surface area contributed by atoms with Crippen molar-refractivity contribution in [2.45, 2.75) is 396 Å². The van der Waals surface area contributed by atoms with Crippen molar-refractivity contribution >= 4 is 76.4 Å². The largest absolute Gasteiger partial charge is 0.497 e. The Morgan fingerprint density at radius 1 is 0.488 bits per heavy atom. The zero-order valence-corrected chi connectivity index (χ0v) is 88.5. The number of methoxy groups -OCH3 is 1. The molecule has 5 heterocycles. The van der Waals surface area contributed by atoms with Crippen LogP contribution in [-0.4, -0.2) is 167 Å². The Kier molecular flexibility index (Phi) is 33.8. The first kappa shape index (κ1) is 102. The lowest BCUT2D eigenvalue weighted by molar-refractivity contribution is -0.276. The minimum absolute atomic E-state index is 0.00785. The molecule has 14 nitrogen and oxygen atoms in total. The first-order chi connectivity index (χ1) is 58.2. The third-order valence-electron chi connectivity index (χ3n) is 30.1. The van der Waals surface area contributed by atoms with Crippen LogP contribution in [0.25, 0.3) is 0 Å². The molecule has 0 bridgehead atoms. The van der Waals surface area contributed by atoms with Gasteiger partial charge >= 0.3 is 0 Å². The van der Waals surface area contributed by atoms with Crippen LogP contribution in [0.5, 0.6) is 5.75 Å². The van der Waals surface area contributed by atoms with Crippen molar-refractivity contribution in [1.29, 1.82) is 0 Å². The number of benzene rings is 5. The molecule has 125 heavy (non-hydrogen) atoms. The second-order valence-electron chi connectivity index (χ2n) is 45.3. The summed E-state index contributed by atoms with van der Waals surface area (Å²) in [5.41, 5.74) is 3.16. The van der Waals surface area contributed by atoms with Gasteiger partial charge in [-0.05, 0) is 196 Å². The molecule has 5 saturated heterocycles. The average Bonchev–Trinajstić information content (AvgIpc) is 0.996. The zero-order valence-electron chi connectivity index (χ0n) is 82.5. The van der Waals surface area contributed by atoms with Crippen LogP contribution in [0.4, 0.5) is 0 Å². The van der Waals surface area contributed by atoms with Gasteiger partial charge in [-0.2, -0.15) is 0 Å². The highest BCUT2D eigenvalue weighted by Crippen LogP contribution is 2.51. The summed E-state index contributed by atoms with van der Waals surface area (Å²) in [6, 6.07) is 52.0. The summed E-state index contributed by atoms with van der Waals surface area (Å²) in [5, 5.41) is 3.85. The monoisotopic (exact) mass is 1820 g/mol. The fourth-order valence-corrected chi connectivity index (χ4v) is 33.0. The highest BCUT2D eigenvalue weighted by Gasteiger charge is 2.61. The molecule has 10 rings (SSSR count). The second-order valence-corrected chi connectivity index (χ2v) is 72.9. The van der Waals surface area contributed by atoms with Crippen LogP contribution >= 0.6 is 0 Å². The first-order valence-corrected chi connectivity index (χ1v) is 62.6. The predicted molar refractivity (Wildman–Crippen MR) is 531 cm³/mol. The van der Waals surface area contributed by atoms with Gasteiger partial charge in [-0.15, -0.1) is 6.58 Å². The van der Waals surface area contributed by atoms with Gasteiger partial charge in [-0.3, -0.25) is 4.79 Å². The summed E-state index contributed by atoms with van der Waals surface area (Å²) in [6.07, 6.45) is 6.70. The van der Waals surface area contributed by atoms with Gasteiger partial charge in [0.15, 0.2) is 39.1 Å². The Balaban J connectivity index is 0.893. The van der Waals surface area contributed by atoms with Crippen molar-refractivity contribution < 1.29 is 64.5 Å². The third-order valence-corrected chi connectivity index (χ3v) is 58.1. The van der Waals surface area contributed by atoms with Crippen LogP contribution in [0, 0.1) is 11.8 Å². The van der Waals surface area contributed by atoms with Crippen LogP contribution in [0.2, 0.25) is 82.6 Å². The normalized spacial score (nSPS) is 27.2. The lowest BCUT2D eigenvalue weighted by Gasteiger charge is -2.56. The molecule has 20 heteroatoms. The predicted octanol–water partition coefficient (Wildman–Crippen LogP) is 23.5. The van der Waals surface area contributed by atoms with E-state index < -0.39 is 86.5 Å². The molecule has 692 valence electrons. The van der Waals surface area contributed by atoms with Crippen molar-refractivity contribution in [1.82, 2.24) is 0 Å². The van der Waals surface area contributed by atoms with E-state index in [0.717, 1.165) is 48.1 Å². The van der Waals surface area contributed by atoms with Crippen LogP contribution in [-0.2, 0) is 66.4 Å². The van der Waals surface area contributed by atoms with E-state index in [2.05, 4.69) is 337 Å². The van der Waals surface area contributed by atoms with Crippen molar-refractivity contribution in [3.05, 3.63) is 200 Å². The Hall–Kier alpha value is -4.65. The highest BCUT2D eigenvalue weighted by molar-refractivity contribution is 7.00. The number of hydrogen-bond donors (Lipinski definition) is 0. The Morgan fingerprint density at radius 3 is 1.46 bits per heavy atom. The maximum atomic E-state index is 14.8. The minimum Gasteiger partial charge on any atom is -0.497 e. The Bertz CT molecular complexity index is 4230. The number of ether oxygens (including phenoxy) is 7. The van der Waals surface area contributed by atoms with Crippen LogP contribution in [0.3, 0.4) is 0 Å². The van der Waals surface area contributed by atoms with E-state index in [0.29, 0.717) is 58.2 Å². The summed E-state index contributed by atoms with van der Waals surface area (Å²) in [7, 11) is -14.6. The first-order valence-electron chi connectivity index (χ1n) is 47.1. The van der Waals surface area contributed by atoms with E-state index in [1.54, 1.807) is 13.2 Å². The molecule has 0 aromatic heterocycles. The molecular formula is C105H164O14Si6. The molecule has 0 aliphatic carbocycles. The zero-order chi connectivity index (χ0) is 92.1. The fourth-order valence-electron chi connectivity index (χ4n) is 18.5. The van der Waals surface area contributed by atoms with Crippen LogP contribution < -0.4 is 25.5 Å². The van der Waals surface area contributed by atoms with Gasteiger partial charge in [0.05, 0.1) is 93.1 Å². The summed E-state index contributed by atoms with van der Waals surface area (Å²) < 4.78 is 97.7. The molecule has 5 aliphatic heterocycles. The Labute approximate surface area is 763 Å². The molecule has 5 aliphatic rings. The molecule has 0 radical (unpaired) electrons. The van der Waals surface area contributed by atoms with Crippen molar-refractivity contribution in [3.8, 4) is 5.75 Å². The molecule has 18 atom stereocenters. The van der Waals surface area contributed by atoms with Crippen molar-refractivity contribution in [2.75, 3.05) is 13.7 Å². The van der Waals surface area contributed by atoms with Gasteiger partial charge in [0.2, 0.25) is 0 Å². The van der Waals surface area contributed by atoms with E-state index in [9.17, 15) is 4.79 Å². The van der Waals surface area contributed by atoms with Gasteiger partial charge in [-0.25, -0.2) is 0 Å². The highest BCUT2D eigenvalue weighted by atomic mass is 28.4. The molecular weight excluding hydrogens is 1650 g/mol. The van der Waals surface area contributed by atoms with Gasteiger partial charge in [-0.1, -0.05) is 297 Å². The lowest BCUT2D eigenvalue weighted by atomic mass is 9.79. The fraction of sp³-hybridized carbons (Fsp3) is 0.629. The SMILES string of the molecule is C=CCC[C@@H]1O[C@@H](C(C=CC(=O)CC[C@H]2CC(=C)[C@H](CC[C@H]3C[C@@H](C)C(=C)[C@@H](C[C@@H]4O[C@H]5C[C@@H](O[Si](c6ccccc6)(c6ccccc6)C(C)(C)C)[C@@H](CCO[Si](c6ccccc6)(c6ccccc6)C(C)(C)C)O[C@H]5[C@H](C)[C@H]4OCc4ccc(OC)cc4)O3)O2)O[Si](C)(C)C(C)(C)C)[C@@H](O[Si](C)(C)C(C)(C)C)[C@@H](O[Si](C)(C)C(C)(C)C)[C@H]1O[Si](C)(C)C(C)(C)C. The number of fused-ring (bicyclic) bond motifs is 1. The number of carbonyl (C=O) groups excluding carboxylic acids is 1. The molecule has 0 spiro atoms. The van der Waals surface area contributed by atoms with E-state index in [-0.39, 0.29) is 109 Å². The van der Waals surface area contributed by atoms with E-state index in [1.165, 1.54) is 20.7 Å². The average molecular weight is 1820 g/mol. The van der Waals surface area contributed by atoms with Gasteiger partial charge in [0.25, 0.3) is 16.6 Å². The number of carbonyl (C=O) groups is 1. The molecule has 1 unspecified atom stereocenters. The van der Waals surface area contributed by atoms with E-state index in [1.807, 2.05) is 24.3 Å². The maximum absolute atomic E-state index is 14.8. The standard InChI is InChI=1S/C105H164O14Si6/c1-33-34-55-88-97(117-121(27,28)101(9,10)11)99(119-123(31,32)103(15,16)17)98(118-122(29,30)102(12,13)14)96(114-88)89(115-120(25,26)100(6,7)8)64-59-78(106)58-62-80-69-74(3)86(110-80)65-63-81-68-73(2)75(4)90(111-81)70-92-94(108-72-77-56-60-79(107-24)61-57-77)76(5)95-93(112-92)71-91(116-125(105(21,22)23,84-51-43-37-44-52-84)85-53-45-38-46-54-85)87(113-95)66-67-109-124(104(18,19)20,82-47-39-35-40-48-82)83-49-41-36-42-50-83/h33,35-54,56-57,59-61,64,73,76,80-81,86-99H,1,3-4,34,55,58,62-63,65-72H2,2,5-32H3/t73-,76-,80+,81+,86+,87-,88+,89?,90-,91-,92+,93+,94-,95+,96+,97+,98-,99+/m1/s1. The van der Waals surface area contributed by atoms with Gasteiger partial charge in [0, 0.05) is 31.8 Å². The quantitative estimate of drug-likeness (QED) is 0.0214. The summed E-state index contributed by atoms with van der Waals surface area (Å²) >= 11 is 0. The second kappa shape index (κ2) is 41.2. The van der Waals surface area contributed by atoms with E-state index >= 15 is 0 Å². The number of rotatable bonds is 36. The maximum Gasteiger partial charge on any atom is 0.261 e. The molecule has 5 fully saturated rings. The van der Waals surface area contributed by atoms with Crippen molar-refractivity contribution in [3.63, 3.8) is 0 Å². The summed E-state index contributed by atoms with van der Waals surface area (Å²) in [5.74, 6) is 0.867. The lowest BCUT2D eigenvalue weighted by Crippen LogP contribution is -2.70.